The van der Waals surface area contributed by atoms with Crippen LogP contribution in [0.3, 0.4) is 0 Å². The summed E-state index contributed by atoms with van der Waals surface area (Å²) in [5.74, 6) is -0.0643. The number of hydrogen-bond acceptors (Lipinski definition) is 4. The van der Waals surface area contributed by atoms with Crippen LogP contribution < -0.4 is 5.73 Å². The van der Waals surface area contributed by atoms with Crippen LogP contribution in [0.4, 0.5) is 0 Å². The van der Waals surface area contributed by atoms with E-state index < -0.39 is 9.84 Å². The normalized spacial score (nSPS) is 17.0. The summed E-state index contributed by atoms with van der Waals surface area (Å²) in [4.78, 5) is 14.3. The van der Waals surface area contributed by atoms with Crippen LogP contribution in [-0.2, 0) is 14.6 Å². The Bertz CT molecular complexity index is 617. The molecule has 0 heterocycles. The van der Waals surface area contributed by atoms with E-state index >= 15 is 0 Å². The van der Waals surface area contributed by atoms with Gasteiger partial charge >= 0.3 is 0 Å². The van der Waals surface area contributed by atoms with Crippen molar-refractivity contribution in [1.82, 2.24) is 4.90 Å². The summed E-state index contributed by atoms with van der Waals surface area (Å²) >= 11 is 0. The summed E-state index contributed by atoms with van der Waals surface area (Å²) in [6.45, 7) is 1.80. The molecule has 0 aliphatic heterocycles. The summed E-state index contributed by atoms with van der Waals surface area (Å²) in [6, 6.07) is 9.00. The zero-order valence-electron chi connectivity index (χ0n) is 13.5. The van der Waals surface area contributed by atoms with Crippen LogP contribution >= 0.6 is 12.4 Å². The van der Waals surface area contributed by atoms with Gasteiger partial charge in [0, 0.05) is 30.8 Å². The summed E-state index contributed by atoms with van der Waals surface area (Å²) in [6.07, 6.45) is 3.30. The van der Waals surface area contributed by atoms with Crippen LogP contribution in [0.25, 0.3) is 0 Å². The lowest BCUT2D eigenvalue weighted by Crippen LogP contribution is -2.44. The molecule has 0 aromatic heterocycles. The molecule has 1 aromatic rings. The van der Waals surface area contributed by atoms with E-state index in [1.165, 1.54) is 6.26 Å². The second-order valence-corrected chi connectivity index (χ2v) is 8.38. The Labute approximate surface area is 144 Å². The second kappa shape index (κ2) is 8.13. The van der Waals surface area contributed by atoms with Crippen LogP contribution in [0.5, 0.6) is 0 Å². The Balaban J connectivity index is 0.00000264. The minimum absolute atomic E-state index is 0. The lowest BCUT2D eigenvalue weighted by molar-refractivity contribution is -0.133. The van der Waals surface area contributed by atoms with Crippen molar-refractivity contribution >= 4 is 28.2 Å². The highest BCUT2D eigenvalue weighted by atomic mass is 35.5. The average Bonchev–Trinajstić information content (AvgIpc) is 3.22. The molecule has 1 saturated carbocycles. The molecule has 1 aliphatic rings. The molecule has 1 amide bonds. The molecule has 1 aromatic carbocycles. The number of nitrogens with two attached hydrogens (primary N) is 1. The van der Waals surface area contributed by atoms with Gasteiger partial charge in [0.2, 0.25) is 5.91 Å². The molecule has 2 rings (SSSR count). The molecule has 0 spiro atoms. The van der Waals surface area contributed by atoms with Gasteiger partial charge in [0.15, 0.2) is 0 Å². The number of nitrogens with zero attached hydrogens (tertiary/aromatic N) is 1. The first-order valence-corrected chi connectivity index (χ1v) is 9.63. The molecule has 0 radical (unpaired) electrons. The summed E-state index contributed by atoms with van der Waals surface area (Å²) in [5, 5.41) is 0. The summed E-state index contributed by atoms with van der Waals surface area (Å²) < 4.78 is 23.0. The summed E-state index contributed by atoms with van der Waals surface area (Å²) in [7, 11) is -3.11. The van der Waals surface area contributed by atoms with Gasteiger partial charge in [0.1, 0.15) is 9.84 Å². The molecule has 1 fully saturated rings. The van der Waals surface area contributed by atoms with Crippen LogP contribution in [-0.4, -0.2) is 43.3 Å². The van der Waals surface area contributed by atoms with E-state index in [1.54, 1.807) is 11.8 Å². The first-order chi connectivity index (χ1) is 10.3. The van der Waals surface area contributed by atoms with Gasteiger partial charge in [-0.15, -0.1) is 12.4 Å². The third kappa shape index (κ3) is 6.12. The van der Waals surface area contributed by atoms with Crippen molar-refractivity contribution in [3.8, 4) is 0 Å². The number of rotatable bonds is 7. The van der Waals surface area contributed by atoms with Crippen LogP contribution in [0, 0.1) is 0 Å². The van der Waals surface area contributed by atoms with Crippen molar-refractivity contribution in [3.63, 3.8) is 0 Å². The Hall–Kier alpha value is -1.11. The molecule has 130 valence electrons. The fraction of sp³-hybridized carbons (Fsp3) is 0.562. The van der Waals surface area contributed by atoms with Gasteiger partial charge in [-0.1, -0.05) is 30.3 Å². The van der Waals surface area contributed by atoms with Crippen molar-refractivity contribution < 1.29 is 13.2 Å². The molecule has 2 atom stereocenters. The number of hydrogen-bond donors (Lipinski definition) is 1. The minimum atomic E-state index is -3.11. The highest BCUT2D eigenvalue weighted by molar-refractivity contribution is 7.90. The maximum absolute atomic E-state index is 12.6. The van der Waals surface area contributed by atoms with Crippen LogP contribution in [0.15, 0.2) is 30.3 Å². The Morgan fingerprint density at radius 1 is 1.30 bits per heavy atom. The molecule has 0 bridgehead atoms. The molecule has 23 heavy (non-hydrogen) atoms. The minimum Gasteiger partial charge on any atom is -0.336 e. The average molecular weight is 361 g/mol. The highest BCUT2D eigenvalue weighted by Crippen LogP contribution is 2.30. The molecular weight excluding hydrogens is 336 g/mol. The van der Waals surface area contributed by atoms with E-state index in [4.69, 9.17) is 5.73 Å². The maximum Gasteiger partial charge on any atom is 0.224 e. The van der Waals surface area contributed by atoms with Gasteiger partial charge < -0.3 is 10.6 Å². The zero-order valence-corrected chi connectivity index (χ0v) is 15.1. The number of carbonyl (C=O) groups excluding carboxylic acids is 1. The molecule has 2 unspecified atom stereocenters. The van der Waals surface area contributed by atoms with Crippen molar-refractivity contribution in [1.29, 1.82) is 0 Å². The first kappa shape index (κ1) is 19.9. The van der Waals surface area contributed by atoms with Gasteiger partial charge in [-0.25, -0.2) is 8.42 Å². The number of carbonyl (C=O) groups is 1. The zero-order chi connectivity index (χ0) is 16.3. The van der Waals surface area contributed by atoms with E-state index in [2.05, 4.69) is 0 Å². The molecule has 7 heteroatoms. The SMILES string of the molecule is CC(CS(C)(=O)=O)N(C(=O)CC(N)c1ccccc1)C1CC1.Cl. The van der Waals surface area contributed by atoms with E-state index in [0.717, 1.165) is 18.4 Å². The van der Waals surface area contributed by atoms with Gasteiger partial charge in [-0.05, 0) is 25.3 Å². The van der Waals surface area contributed by atoms with Crippen LogP contribution in [0.1, 0.15) is 37.8 Å². The fourth-order valence-corrected chi connectivity index (χ4v) is 3.83. The van der Waals surface area contributed by atoms with Crippen LogP contribution in [0.2, 0.25) is 0 Å². The molecule has 2 N–H and O–H groups in total. The van der Waals surface area contributed by atoms with Gasteiger partial charge in [-0.2, -0.15) is 0 Å². The number of amides is 1. The lowest BCUT2D eigenvalue weighted by atomic mass is 10.0. The largest absolute Gasteiger partial charge is 0.336 e. The van der Waals surface area contributed by atoms with Crippen molar-refractivity contribution in [2.24, 2.45) is 5.73 Å². The van der Waals surface area contributed by atoms with Crippen molar-refractivity contribution in [3.05, 3.63) is 35.9 Å². The fourth-order valence-electron chi connectivity index (χ4n) is 2.79. The van der Waals surface area contributed by atoms with Gasteiger partial charge in [-0.3, -0.25) is 4.79 Å². The topological polar surface area (TPSA) is 80.5 Å². The van der Waals surface area contributed by atoms with E-state index in [-0.39, 0.29) is 48.6 Å². The standard InChI is InChI=1S/C16H24N2O3S.ClH/c1-12(11-22(2,20)21)18(14-8-9-14)16(19)10-15(17)13-6-4-3-5-7-13;/h3-7,12,14-15H,8-11,17H2,1-2H3;1H. The monoisotopic (exact) mass is 360 g/mol. The highest BCUT2D eigenvalue weighted by Gasteiger charge is 2.37. The molecular formula is C16H25ClN2O3S. The predicted octanol–water partition coefficient (Wildman–Crippen LogP) is 1.92. The van der Waals surface area contributed by atoms with Gasteiger partial charge in [0.25, 0.3) is 0 Å². The second-order valence-electron chi connectivity index (χ2n) is 6.19. The predicted molar refractivity (Wildman–Crippen MR) is 94.3 cm³/mol. The van der Waals surface area contributed by atoms with E-state index in [0.29, 0.717) is 0 Å². The Kier molecular flexibility index (Phi) is 7.04. The Morgan fingerprint density at radius 2 is 1.87 bits per heavy atom. The van der Waals surface area contributed by atoms with Crippen molar-refractivity contribution in [2.75, 3.05) is 12.0 Å². The molecule has 0 saturated heterocycles. The van der Waals surface area contributed by atoms with E-state index in [9.17, 15) is 13.2 Å². The first-order valence-electron chi connectivity index (χ1n) is 7.57. The smallest absolute Gasteiger partial charge is 0.224 e. The van der Waals surface area contributed by atoms with Crippen molar-refractivity contribution in [2.45, 2.75) is 44.3 Å². The lowest BCUT2D eigenvalue weighted by Gasteiger charge is -2.30. The quantitative estimate of drug-likeness (QED) is 0.805. The molecule has 1 aliphatic carbocycles. The number of halogens is 1. The Morgan fingerprint density at radius 3 is 2.35 bits per heavy atom. The number of sulfone groups is 1. The third-order valence-electron chi connectivity index (χ3n) is 3.87. The summed E-state index contributed by atoms with van der Waals surface area (Å²) in [5.41, 5.74) is 7.03. The third-order valence-corrected chi connectivity index (χ3v) is 4.96. The number of benzene rings is 1. The van der Waals surface area contributed by atoms with E-state index in [1.807, 2.05) is 30.3 Å². The van der Waals surface area contributed by atoms with Gasteiger partial charge in [0.05, 0.1) is 5.75 Å². The molecule has 5 nitrogen and oxygen atoms in total. The maximum atomic E-state index is 12.6.